The van der Waals surface area contributed by atoms with Gasteiger partial charge in [-0.2, -0.15) is 0 Å². The Morgan fingerprint density at radius 3 is 2.83 bits per heavy atom. The van der Waals surface area contributed by atoms with Crippen molar-refractivity contribution >= 4 is 29.2 Å². The minimum atomic E-state index is 0.679. The smallest absolute Gasteiger partial charge is 0.191 e. The summed E-state index contributed by atoms with van der Waals surface area (Å²) in [5, 5.41) is 8.16. The van der Waals surface area contributed by atoms with Crippen molar-refractivity contribution in [1.82, 2.24) is 15.5 Å². The molecule has 1 fully saturated rings. The predicted molar refractivity (Wildman–Crippen MR) is 104 cm³/mol. The molecule has 1 aromatic carbocycles. The van der Waals surface area contributed by atoms with E-state index in [1.54, 1.807) is 6.07 Å². The van der Waals surface area contributed by atoms with Crippen LogP contribution in [0.4, 0.5) is 0 Å². The molecule has 1 aromatic rings. The monoisotopic (exact) mass is 370 g/mol. The van der Waals surface area contributed by atoms with E-state index in [1.165, 1.54) is 13.0 Å². The highest BCUT2D eigenvalue weighted by atomic mass is 35.5. The SMILES string of the molecule is CCNC(=NCC1CCN(C)C1)NCCCc1ccc(Cl)cc1Cl. The Bertz CT molecular complexity index is 548. The third kappa shape index (κ3) is 6.50. The Morgan fingerprint density at radius 2 is 2.17 bits per heavy atom. The Labute approximate surface area is 155 Å². The zero-order chi connectivity index (χ0) is 17.4. The third-order valence-corrected chi connectivity index (χ3v) is 4.86. The van der Waals surface area contributed by atoms with Crippen LogP contribution in [0.1, 0.15) is 25.3 Å². The first-order chi connectivity index (χ1) is 11.6. The zero-order valence-corrected chi connectivity index (χ0v) is 16.1. The van der Waals surface area contributed by atoms with E-state index in [-0.39, 0.29) is 0 Å². The molecule has 0 spiro atoms. The fraction of sp³-hybridized carbons (Fsp3) is 0.611. The van der Waals surface area contributed by atoms with Crippen LogP contribution in [-0.2, 0) is 6.42 Å². The standard InChI is InChI=1S/C18H28Cl2N4/c1-3-21-18(23-12-14-8-10-24(2)13-14)22-9-4-5-15-6-7-16(19)11-17(15)20/h6-7,11,14H,3-5,8-10,12-13H2,1-2H3,(H2,21,22,23). The molecule has 0 amide bonds. The molecule has 2 N–H and O–H groups in total. The van der Waals surface area contributed by atoms with Crippen molar-refractivity contribution in [2.24, 2.45) is 10.9 Å². The van der Waals surface area contributed by atoms with E-state index in [0.29, 0.717) is 10.9 Å². The number of aliphatic imine (C=N–C) groups is 1. The van der Waals surface area contributed by atoms with Crippen LogP contribution in [-0.4, -0.2) is 50.6 Å². The van der Waals surface area contributed by atoms with Crippen molar-refractivity contribution in [2.75, 3.05) is 39.8 Å². The summed E-state index contributed by atoms with van der Waals surface area (Å²) in [6.07, 6.45) is 3.17. The van der Waals surface area contributed by atoms with Gasteiger partial charge in [0.15, 0.2) is 5.96 Å². The number of rotatable bonds is 7. The Morgan fingerprint density at radius 1 is 1.33 bits per heavy atom. The summed E-state index contributed by atoms with van der Waals surface area (Å²) in [4.78, 5) is 7.10. The molecular formula is C18H28Cl2N4. The molecule has 1 aliphatic rings. The Kier molecular flexibility index (Phi) is 8.16. The molecule has 1 saturated heterocycles. The lowest BCUT2D eigenvalue weighted by Gasteiger charge is -2.13. The Balaban J connectivity index is 1.74. The van der Waals surface area contributed by atoms with Gasteiger partial charge < -0.3 is 15.5 Å². The number of hydrogen-bond donors (Lipinski definition) is 2. The van der Waals surface area contributed by atoms with Crippen molar-refractivity contribution in [1.29, 1.82) is 0 Å². The maximum Gasteiger partial charge on any atom is 0.191 e. The highest BCUT2D eigenvalue weighted by Gasteiger charge is 2.18. The van der Waals surface area contributed by atoms with Crippen LogP contribution in [0.5, 0.6) is 0 Å². The number of nitrogens with one attached hydrogen (secondary N) is 2. The van der Waals surface area contributed by atoms with Crippen LogP contribution in [0.25, 0.3) is 0 Å². The summed E-state index contributed by atoms with van der Waals surface area (Å²) in [6, 6.07) is 5.69. The van der Waals surface area contributed by atoms with Crippen LogP contribution in [0.2, 0.25) is 10.0 Å². The van der Waals surface area contributed by atoms with Crippen LogP contribution in [0.3, 0.4) is 0 Å². The van der Waals surface area contributed by atoms with Gasteiger partial charge in [-0.15, -0.1) is 0 Å². The van der Waals surface area contributed by atoms with Crippen LogP contribution >= 0.6 is 23.2 Å². The number of nitrogens with zero attached hydrogens (tertiary/aromatic N) is 2. The first-order valence-corrected chi connectivity index (χ1v) is 9.48. The Hall–Kier alpha value is -0.970. The van der Waals surface area contributed by atoms with E-state index in [9.17, 15) is 0 Å². The second-order valence-electron chi connectivity index (χ2n) is 6.40. The topological polar surface area (TPSA) is 39.7 Å². The first-order valence-electron chi connectivity index (χ1n) is 8.73. The number of hydrogen-bond acceptors (Lipinski definition) is 2. The van der Waals surface area contributed by atoms with Gasteiger partial charge in [0.05, 0.1) is 0 Å². The van der Waals surface area contributed by atoms with Gasteiger partial charge in [-0.25, -0.2) is 0 Å². The molecule has 0 aromatic heterocycles. The van der Waals surface area contributed by atoms with Gasteiger partial charge in [-0.1, -0.05) is 29.3 Å². The summed E-state index contributed by atoms with van der Waals surface area (Å²) in [7, 11) is 2.18. The molecule has 1 unspecified atom stereocenters. The van der Waals surface area contributed by atoms with Crippen LogP contribution < -0.4 is 10.6 Å². The van der Waals surface area contributed by atoms with E-state index < -0.39 is 0 Å². The van der Waals surface area contributed by atoms with Gasteiger partial charge in [-0.05, 0) is 63.4 Å². The third-order valence-electron chi connectivity index (χ3n) is 4.27. The average Bonchev–Trinajstić information content (AvgIpc) is 2.96. The molecule has 1 aliphatic heterocycles. The van der Waals surface area contributed by atoms with Gasteiger partial charge in [0.25, 0.3) is 0 Å². The predicted octanol–water partition coefficient (Wildman–Crippen LogP) is 3.43. The molecule has 0 saturated carbocycles. The normalized spacial score (nSPS) is 18.8. The quantitative estimate of drug-likeness (QED) is 0.438. The number of aryl methyl sites for hydroxylation is 1. The van der Waals surface area contributed by atoms with Crippen LogP contribution in [0.15, 0.2) is 23.2 Å². The largest absolute Gasteiger partial charge is 0.357 e. The molecule has 6 heteroatoms. The molecule has 134 valence electrons. The molecule has 24 heavy (non-hydrogen) atoms. The molecular weight excluding hydrogens is 343 g/mol. The molecule has 1 heterocycles. The lowest BCUT2D eigenvalue weighted by Crippen LogP contribution is -2.38. The minimum Gasteiger partial charge on any atom is -0.357 e. The van der Waals surface area contributed by atoms with Gasteiger partial charge in [-0.3, -0.25) is 4.99 Å². The van der Waals surface area contributed by atoms with Crippen molar-refractivity contribution < 1.29 is 0 Å². The average molecular weight is 371 g/mol. The van der Waals surface area contributed by atoms with E-state index in [1.807, 2.05) is 12.1 Å². The number of likely N-dealkylation sites (tertiary alicyclic amines) is 1. The fourth-order valence-electron chi connectivity index (χ4n) is 2.95. The molecule has 0 radical (unpaired) electrons. The highest BCUT2D eigenvalue weighted by Crippen LogP contribution is 2.21. The van der Waals surface area contributed by atoms with Crippen molar-refractivity contribution in [2.45, 2.75) is 26.2 Å². The number of guanidine groups is 1. The second-order valence-corrected chi connectivity index (χ2v) is 7.25. The van der Waals surface area contributed by atoms with Crippen molar-refractivity contribution in [3.63, 3.8) is 0 Å². The maximum atomic E-state index is 6.21. The number of halogens is 2. The summed E-state index contributed by atoms with van der Waals surface area (Å²) in [6.45, 7) is 7.06. The summed E-state index contributed by atoms with van der Waals surface area (Å²) >= 11 is 12.1. The highest BCUT2D eigenvalue weighted by molar-refractivity contribution is 6.35. The molecule has 2 rings (SSSR count). The van der Waals surface area contributed by atoms with Gasteiger partial charge >= 0.3 is 0 Å². The lowest BCUT2D eigenvalue weighted by atomic mass is 10.1. The zero-order valence-electron chi connectivity index (χ0n) is 14.6. The van der Waals surface area contributed by atoms with Crippen molar-refractivity contribution in [3.05, 3.63) is 33.8 Å². The summed E-state index contributed by atoms with van der Waals surface area (Å²) in [5.74, 6) is 1.59. The van der Waals surface area contributed by atoms with E-state index >= 15 is 0 Å². The summed E-state index contributed by atoms with van der Waals surface area (Å²) < 4.78 is 0. The van der Waals surface area contributed by atoms with Gasteiger partial charge in [0.1, 0.15) is 0 Å². The molecule has 4 nitrogen and oxygen atoms in total. The van der Waals surface area contributed by atoms with Crippen LogP contribution in [0, 0.1) is 5.92 Å². The van der Waals surface area contributed by atoms with Crippen molar-refractivity contribution in [3.8, 4) is 0 Å². The van der Waals surface area contributed by atoms with E-state index in [2.05, 4.69) is 29.5 Å². The first kappa shape index (κ1) is 19.4. The van der Waals surface area contributed by atoms with E-state index in [0.717, 1.165) is 55.6 Å². The molecule has 0 bridgehead atoms. The molecule has 0 aliphatic carbocycles. The summed E-state index contributed by atoms with van der Waals surface area (Å²) in [5.41, 5.74) is 1.14. The minimum absolute atomic E-state index is 0.679. The number of benzene rings is 1. The molecule has 1 atom stereocenters. The maximum absolute atomic E-state index is 6.21. The van der Waals surface area contributed by atoms with E-state index in [4.69, 9.17) is 28.2 Å². The van der Waals surface area contributed by atoms with Gasteiger partial charge in [0.2, 0.25) is 0 Å². The van der Waals surface area contributed by atoms with Gasteiger partial charge in [0, 0.05) is 36.2 Å². The lowest BCUT2D eigenvalue weighted by molar-refractivity contribution is 0.397. The second kappa shape index (κ2) is 10.1. The fourth-order valence-corrected chi connectivity index (χ4v) is 3.45.